The van der Waals surface area contributed by atoms with Crippen molar-refractivity contribution in [2.75, 3.05) is 6.61 Å². The van der Waals surface area contributed by atoms with Crippen LogP contribution in [0, 0.1) is 6.92 Å². The van der Waals surface area contributed by atoms with Gasteiger partial charge in [0.1, 0.15) is 5.69 Å². The van der Waals surface area contributed by atoms with Gasteiger partial charge in [-0.15, -0.1) is 0 Å². The molecular weight excluding hydrogens is 436 g/mol. The van der Waals surface area contributed by atoms with E-state index in [9.17, 15) is 4.79 Å². The Morgan fingerprint density at radius 1 is 0.943 bits per heavy atom. The summed E-state index contributed by atoms with van der Waals surface area (Å²) in [5, 5.41) is 8.84. The summed E-state index contributed by atoms with van der Waals surface area (Å²) in [5.41, 5.74) is 5.47. The zero-order chi connectivity index (χ0) is 24.2. The average molecular weight is 463 g/mol. The summed E-state index contributed by atoms with van der Waals surface area (Å²) in [4.78, 5) is 17.3. The molecule has 6 heteroatoms. The maximum absolute atomic E-state index is 12.5. The molecule has 6 nitrogen and oxygen atoms in total. The number of aromatic nitrogens is 3. The zero-order valence-corrected chi connectivity index (χ0v) is 19.7. The first kappa shape index (κ1) is 22.3. The molecule has 5 aromatic rings. The number of nitrogens with one attached hydrogen (secondary N) is 1. The normalized spacial score (nSPS) is 11.8. The third-order valence-electron chi connectivity index (χ3n) is 5.89. The van der Waals surface area contributed by atoms with Crippen LogP contribution in [0.3, 0.4) is 0 Å². The maximum Gasteiger partial charge on any atom is 0.258 e. The van der Waals surface area contributed by atoms with E-state index in [-0.39, 0.29) is 18.6 Å². The highest BCUT2D eigenvalue weighted by atomic mass is 16.5. The van der Waals surface area contributed by atoms with Crippen LogP contribution in [0.1, 0.15) is 24.1 Å². The van der Waals surface area contributed by atoms with Gasteiger partial charge < -0.3 is 10.1 Å². The second kappa shape index (κ2) is 9.81. The number of nitrogens with zero attached hydrogens (tertiary/aromatic N) is 3. The number of benzene rings is 3. The lowest BCUT2D eigenvalue weighted by atomic mass is 10.1. The van der Waals surface area contributed by atoms with Crippen LogP contribution < -0.4 is 10.1 Å². The molecule has 2 heterocycles. The van der Waals surface area contributed by atoms with Crippen molar-refractivity contribution in [3.63, 3.8) is 0 Å². The number of amides is 1. The number of carbonyl (C=O) groups excluding carboxylic acids is 1. The van der Waals surface area contributed by atoms with Crippen LogP contribution in [-0.4, -0.2) is 27.3 Å². The number of hydrogen-bond acceptors (Lipinski definition) is 4. The molecule has 2 aromatic heterocycles. The molecule has 0 radical (unpaired) electrons. The summed E-state index contributed by atoms with van der Waals surface area (Å²) in [6.07, 6.45) is 0. The molecule has 5 rings (SSSR count). The van der Waals surface area contributed by atoms with E-state index in [1.54, 1.807) is 0 Å². The molecule has 1 atom stereocenters. The lowest BCUT2D eigenvalue weighted by molar-refractivity contribution is -0.123. The Bertz CT molecular complexity index is 1450. The maximum atomic E-state index is 12.5. The third kappa shape index (κ3) is 4.77. The van der Waals surface area contributed by atoms with Gasteiger partial charge in [0.05, 0.1) is 17.1 Å². The Kier molecular flexibility index (Phi) is 6.26. The fourth-order valence-electron chi connectivity index (χ4n) is 4.14. The van der Waals surface area contributed by atoms with Crippen molar-refractivity contribution < 1.29 is 9.53 Å². The Morgan fingerprint density at radius 3 is 2.26 bits per heavy atom. The summed E-state index contributed by atoms with van der Waals surface area (Å²) in [7, 11) is 0. The molecule has 1 amide bonds. The van der Waals surface area contributed by atoms with E-state index in [0.29, 0.717) is 11.5 Å². The van der Waals surface area contributed by atoms with Crippen LogP contribution in [-0.2, 0) is 4.79 Å². The van der Waals surface area contributed by atoms with E-state index >= 15 is 0 Å². The molecule has 35 heavy (non-hydrogen) atoms. The van der Waals surface area contributed by atoms with Gasteiger partial charge in [-0.1, -0.05) is 78.9 Å². The predicted molar refractivity (Wildman–Crippen MR) is 138 cm³/mol. The Hall–Kier alpha value is -4.45. The van der Waals surface area contributed by atoms with Crippen molar-refractivity contribution in [2.45, 2.75) is 19.9 Å². The number of aryl methyl sites for hydroxylation is 1. The molecule has 0 aliphatic rings. The van der Waals surface area contributed by atoms with Crippen LogP contribution in [0.4, 0.5) is 0 Å². The minimum absolute atomic E-state index is 0.114. The Morgan fingerprint density at radius 2 is 1.57 bits per heavy atom. The number of rotatable bonds is 7. The van der Waals surface area contributed by atoms with Crippen LogP contribution >= 0.6 is 0 Å². The Labute approximate surface area is 204 Å². The molecule has 0 aliphatic heterocycles. The van der Waals surface area contributed by atoms with Gasteiger partial charge in [0, 0.05) is 11.6 Å². The van der Waals surface area contributed by atoms with Crippen LogP contribution in [0.5, 0.6) is 5.88 Å². The lowest BCUT2D eigenvalue weighted by Gasteiger charge is -2.14. The molecular formula is C29H26N4O2. The van der Waals surface area contributed by atoms with E-state index in [4.69, 9.17) is 14.8 Å². The highest BCUT2D eigenvalue weighted by Crippen LogP contribution is 2.33. The average Bonchev–Trinajstić information content (AvgIpc) is 3.29. The van der Waals surface area contributed by atoms with Gasteiger partial charge in [0.15, 0.2) is 12.3 Å². The van der Waals surface area contributed by atoms with E-state index in [0.717, 1.165) is 33.5 Å². The first-order valence-electron chi connectivity index (χ1n) is 11.6. The summed E-state index contributed by atoms with van der Waals surface area (Å²) < 4.78 is 7.66. The van der Waals surface area contributed by atoms with Gasteiger partial charge in [0.2, 0.25) is 5.88 Å². The predicted octanol–water partition coefficient (Wildman–Crippen LogP) is 5.65. The zero-order valence-electron chi connectivity index (χ0n) is 19.7. The molecule has 3 aromatic carbocycles. The quantitative estimate of drug-likeness (QED) is 0.339. The number of hydrogen-bond donors (Lipinski definition) is 1. The second-order valence-electron chi connectivity index (χ2n) is 8.43. The minimum atomic E-state index is -0.206. The fourth-order valence-corrected chi connectivity index (χ4v) is 4.14. The summed E-state index contributed by atoms with van der Waals surface area (Å²) in [6, 6.07) is 31.5. The topological polar surface area (TPSA) is 69.0 Å². The molecule has 0 unspecified atom stereocenters. The van der Waals surface area contributed by atoms with Crippen LogP contribution in [0.15, 0.2) is 97.1 Å². The van der Waals surface area contributed by atoms with E-state index in [1.165, 1.54) is 0 Å². The second-order valence-corrected chi connectivity index (χ2v) is 8.43. The van der Waals surface area contributed by atoms with E-state index in [1.807, 2.05) is 116 Å². The SMILES string of the molecule is Cc1cc(OCC(=O)N[C@@H](C)c2ccccc2)nc2c1c(-c1ccccc1)nn2-c1ccccc1. The number of ether oxygens (including phenoxy) is 1. The van der Waals surface area contributed by atoms with Crippen molar-refractivity contribution in [3.8, 4) is 22.8 Å². The number of para-hydroxylation sites is 1. The van der Waals surface area contributed by atoms with Gasteiger partial charge in [-0.3, -0.25) is 4.79 Å². The monoisotopic (exact) mass is 462 g/mol. The fraction of sp³-hybridized carbons (Fsp3) is 0.138. The van der Waals surface area contributed by atoms with Crippen molar-refractivity contribution >= 4 is 16.9 Å². The highest BCUT2D eigenvalue weighted by Gasteiger charge is 2.19. The minimum Gasteiger partial charge on any atom is -0.468 e. The number of pyridine rings is 1. The summed E-state index contributed by atoms with van der Waals surface area (Å²) in [5.74, 6) is 0.177. The molecule has 1 N–H and O–H groups in total. The third-order valence-corrected chi connectivity index (χ3v) is 5.89. The molecule has 0 saturated heterocycles. The number of fused-ring (bicyclic) bond motifs is 1. The highest BCUT2D eigenvalue weighted by molar-refractivity contribution is 5.95. The van der Waals surface area contributed by atoms with Gasteiger partial charge in [0.25, 0.3) is 5.91 Å². The smallest absolute Gasteiger partial charge is 0.258 e. The Balaban J connectivity index is 1.45. The van der Waals surface area contributed by atoms with E-state index in [2.05, 4.69) is 5.32 Å². The number of carbonyl (C=O) groups is 1. The van der Waals surface area contributed by atoms with Crippen molar-refractivity contribution in [3.05, 3.63) is 108 Å². The molecule has 0 fully saturated rings. The van der Waals surface area contributed by atoms with Crippen LogP contribution in [0.25, 0.3) is 28.0 Å². The molecule has 174 valence electrons. The molecule has 0 spiro atoms. The molecule has 0 aliphatic carbocycles. The van der Waals surface area contributed by atoms with Crippen molar-refractivity contribution in [2.24, 2.45) is 0 Å². The summed E-state index contributed by atoms with van der Waals surface area (Å²) >= 11 is 0. The van der Waals surface area contributed by atoms with Gasteiger partial charge >= 0.3 is 0 Å². The standard InChI is InChI=1S/C29H26N4O2/c1-20-18-26(35-19-25(34)30-21(2)22-12-6-3-7-13-22)31-29-27(20)28(23-14-8-4-9-15-23)32-33(29)24-16-10-5-11-17-24/h3-18,21H,19H2,1-2H3,(H,30,34)/t21-/m0/s1. The van der Waals surface area contributed by atoms with Crippen LogP contribution in [0.2, 0.25) is 0 Å². The molecule has 0 bridgehead atoms. The lowest BCUT2D eigenvalue weighted by Crippen LogP contribution is -2.31. The first-order valence-corrected chi connectivity index (χ1v) is 11.6. The van der Waals surface area contributed by atoms with Gasteiger partial charge in [-0.2, -0.15) is 10.1 Å². The van der Waals surface area contributed by atoms with E-state index < -0.39 is 0 Å². The van der Waals surface area contributed by atoms with Gasteiger partial charge in [-0.05, 0) is 37.1 Å². The molecule has 0 saturated carbocycles. The summed E-state index contributed by atoms with van der Waals surface area (Å²) in [6.45, 7) is 3.84. The first-order chi connectivity index (χ1) is 17.1. The van der Waals surface area contributed by atoms with Crippen molar-refractivity contribution in [1.82, 2.24) is 20.1 Å². The van der Waals surface area contributed by atoms with Crippen molar-refractivity contribution in [1.29, 1.82) is 0 Å². The van der Waals surface area contributed by atoms with Gasteiger partial charge in [-0.25, -0.2) is 4.68 Å². The largest absolute Gasteiger partial charge is 0.468 e.